The van der Waals surface area contributed by atoms with Crippen LogP contribution >= 0.6 is 0 Å². The number of carbonyl (C=O) groups excluding carboxylic acids is 1. The summed E-state index contributed by atoms with van der Waals surface area (Å²) in [6, 6.07) is 10.1. The molecule has 174 valence electrons. The summed E-state index contributed by atoms with van der Waals surface area (Å²) in [6.07, 6.45) is 0.384. The fourth-order valence-electron chi connectivity index (χ4n) is 3.89. The highest BCUT2D eigenvalue weighted by atomic mass is 32.2. The number of hydrogen-bond donors (Lipinski definition) is 0. The van der Waals surface area contributed by atoms with Crippen molar-refractivity contribution in [2.24, 2.45) is 0 Å². The molecule has 0 N–H and O–H groups in total. The highest BCUT2D eigenvalue weighted by molar-refractivity contribution is 7.91. The van der Waals surface area contributed by atoms with Crippen LogP contribution in [0.2, 0.25) is 0 Å². The lowest BCUT2D eigenvalue weighted by atomic mass is 10.1. The number of carbonyl (C=O) groups is 1. The lowest BCUT2D eigenvalue weighted by molar-refractivity contribution is 0.0676. The maximum absolute atomic E-state index is 13.6. The molecule has 8 nitrogen and oxygen atoms in total. The molecule has 0 spiro atoms. The normalized spacial score (nSPS) is 16.9. The van der Waals surface area contributed by atoms with Gasteiger partial charge in [-0.1, -0.05) is 12.1 Å². The van der Waals surface area contributed by atoms with Gasteiger partial charge in [0.25, 0.3) is 5.91 Å². The molecule has 1 atom stereocenters. The second-order valence-corrected chi connectivity index (χ2v) is 9.68. The van der Waals surface area contributed by atoms with E-state index in [1.165, 1.54) is 21.3 Å². The molecule has 32 heavy (non-hydrogen) atoms. The maximum atomic E-state index is 13.6. The standard InChI is InChI=1S/C23H29NO7S/c1-5-31-19-9-7-6-8-18(19)23(25)24(17-10-11-32(26,27)15-17)14-16-12-20(28-2)22(30-4)21(13-16)29-3/h6-9,12-13,17H,5,10-11,14-15H2,1-4H3/t17-/m0/s1. The minimum atomic E-state index is -3.20. The summed E-state index contributed by atoms with van der Waals surface area (Å²) in [6.45, 7) is 2.43. The fourth-order valence-corrected chi connectivity index (χ4v) is 5.62. The second kappa shape index (κ2) is 10.1. The van der Waals surface area contributed by atoms with Crippen LogP contribution in [-0.4, -0.2) is 64.7 Å². The molecule has 0 aromatic heterocycles. The number of hydrogen-bond acceptors (Lipinski definition) is 7. The number of amides is 1. The average molecular weight is 464 g/mol. The molecule has 1 aliphatic heterocycles. The first-order chi connectivity index (χ1) is 15.3. The highest BCUT2D eigenvalue weighted by Gasteiger charge is 2.36. The van der Waals surface area contributed by atoms with Gasteiger partial charge < -0.3 is 23.8 Å². The average Bonchev–Trinajstić information content (AvgIpc) is 3.16. The Morgan fingerprint density at radius 1 is 1.03 bits per heavy atom. The number of ether oxygens (including phenoxy) is 4. The molecule has 1 fully saturated rings. The molecule has 2 aromatic rings. The first-order valence-corrected chi connectivity index (χ1v) is 12.2. The van der Waals surface area contributed by atoms with E-state index in [1.54, 1.807) is 41.3 Å². The Kier molecular flexibility index (Phi) is 7.50. The molecule has 1 aliphatic rings. The van der Waals surface area contributed by atoms with Gasteiger partial charge in [0.05, 0.1) is 45.0 Å². The van der Waals surface area contributed by atoms with Crippen molar-refractivity contribution in [3.8, 4) is 23.0 Å². The van der Waals surface area contributed by atoms with Gasteiger partial charge in [0.1, 0.15) is 5.75 Å². The van der Waals surface area contributed by atoms with Crippen LogP contribution in [0.3, 0.4) is 0 Å². The van der Waals surface area contributed by atoms with Gasteiger partial charge in [0.15, 0.2) is 21.3 Å². The first kappa shape index (κ1) is 23.7. The molecular weight excluding hydrogens is 434 g/mol. The van der Waals surface area contributed by atoms with Crippen LogP contribution in [-0.2, 0) is 16.4 Å². The van der Waals surface area contributed by atoms with Crippen molar-refractivity contribution >= 4 is 15.7 Å². The summed E-state index contributed by atoms with van der Waals surface area (Å²) in [4.78, 5) is 15.2. The van der Waals surface area contributed by atoms with E-state index in [4.69, 9.17) is 18.9 Å². The summed E-state index contributed by atoms with van der Waals surface area (Å²) < 4.78 is 46.3. The topological polar surface area (TPSA) is 91.4 Å². The van der Waals surface area contributed by atoms with E-state index in [0.717, 1.165) is 5.56 Å². The summed E-state index contributed by atoms with van der Waals surface area (Å²) >= 11 is 0. The van der Waals surface area contributed by atoms with E-state index >= 15 is 0 Å². The van der Waals surface area contributed by atoms with E-state index in [2.05, 4.69) is 0 Å². The quantitative estimate of drug-likeness (QED) is 0.565. The Hall–Kier alpha value is -2.94. The van der Waals surface area contributed by atoms with Crippen molar-refractivity contribution < 1.29 is 32.2 Å². The first-order valence-electron chi connectivity index (χ1n) is 10.4. The predicted molar refractivity (Wildman–Crippen MR) is 121 cm³/mol. The summed E-state index contributed by atoms with van der Waals surface area (Å²) in [5.41, 5.74) is 1.12. The van der Waals surface area contributed by atoms with E-state index in [0.29, 0.717) is 41.6 Å². The summed E-state index contributed by atoms with van der Waals surface area (Å²) in [7, 11) is 1.36. The molecule has 9 heteroatoms. The van der Waals surface area contributed by atoms with Gasteiger partial charge in [0, 0.05) is 12.6 Å². The van der Waals surface area contributed by atoms with Gasteiger partial charge in [-0.25, -0.2) is 8.42 Å². The molecule has 0 saturated carbocycles. The third-order valence-electron chi connectivity index (χ3n) is 5.40. The van der Waals surface area contributed by atoms with E-state index in [1.807, 2.05) is 6.92 Å². The van der Waals surface area contributed by atoms with Gasteiger partial charge in [0.2, 0.25) is 5.75 Å². The smallest absolute Gasteiger partial charge is 0.258 e. The number of sulfone groups is 1. The monoisotopic (exact) mass is 463 g/mol. The van der Waals surface area contributed by atoms with E-state index < -0.39 is 15.9 Å². The summed E-state index contributed by atoms with van der Waals surface area (Å²) in [5.74, 6) is 1.54. The van der Waals surface area contributed by atoms with Gasteiger partial charge in [-0.05, 0) is 43.2 Å². The lowest BCUT2D eigenvalue weighted by Gasteiger charge is -2.29. The van der Waals surface area contributed by atoms with Crippen molar-refractivity contribution in [3.05, 3.63) is 47.5 Å². The van der Waals surface area contributed by atoms with Crippen LogP contribution in [0.5, 0.6) is 23.0 Å². The largest absolute Gasteiger partial charge is 0.493 e. The predicted octanol–water partition coefficient (Wildman–Crippen LogP) is 2.94. The van der Waals surface area contributed by atoms with E-state index in [-0.39, 0.29) is 24.0 Å². The van der Waals surface area contributed by atoms with Gasteiger partial charge in [-0.2, -0.15) is 0 Å². The third kappa shape index (κ3) is 5.09. The molecule has 0 unspecified atom stereocenters. The van der Waals surface area contributed by atoms with Crippen molar-refractivity contribution in [2.45, 2.75) is 25.9 Å². The van der Waals surface area contributed by atoms with Crippen LogP contribution in [0.1, 0.15) is 29.3 Å². The fraction of sp³-hybridized carbons (Fsp3) is 0.435. The number of benzene rings is 2. The molecule has 1 heterocycles. The lowest BCUT2D eigenvalue weighted by Crippen LogP contribution is -2.40. The minimum absolute atomic E-state index is 0.0593. The Balaban J connectivity index is 2.02. The molecule has 3 rings (SSSR count). The summed E-state index contributed by atoms with van der Waals surface area (Å²) in [5, 5.41) is 0. The Bertz CT molecular complexity index is 1040. The van der Waals surface area contributed by atoms with Crippen LogP contribution in [0.15, 0.2) is 36.4 Å². The van der Waals surface area contributed by atoms with Crippen molar-refractivity contribution in [1.82, 2.24) is 4.90 Å². The van der Waals surface area contributed by atoms with E-state index in [9.17, 15) is 13.2 Å². The SMILES string of the molecule is CCOc1ccccc1C(=O)N(Cc1cc(OC)c(OC)c(OC)c1)[C@H]1CCS(=O)(=O)C1. The number of para-hydroxylation sites is 1. The molecular formula is C23H29NO7S. The third-order valence-corrected chi connectivity index (χ3v) is 7.16. The molecule has 1 amide bonds. The number of methoxy groups -OCH3 is 3. The number of nitrogens with zero attached hydrogens (tertiary/aromatic N) is 1. The van der Waals surface area contributed by atoms with Crippen LogP contribution in [0.25, 0.3) is 0 Å². The Labute approximate surface area is 188 Å². The maximum Gasteiger partial charge on any atom is 0.258 e. The number of rotatable bonds is 9. The minimum Gasteiger partial charge on any atom is -0.493 e. The van der Waals surface area contributed by atoms with Crippen LogP contribution in [0.4, 0.5) is 0 Å². The molecule has 0 radical (unpaired) electrons. The van der Waals surface area contributed by atoms with Crippen LogP contribution < -0.4 is 18.9 Å². The molecule has 0 aliphatic carbocycles. The zero-order chi connectivity index (χ0) is 23.3. The van der Waals surface area contributed by atoms with Crippen molar-refractivity contribution in [1.29, 1.82) is 0 Å². The van der Waals surface area contributed by atoms with Gasteiger partial charge >= 0.3 is 0 Å². The Morgan fingerprint density at radius 3 is 2.22 bits per heavy atom. The molecule has 2 aromatic carbocycles. The molecule has 1 saturated heterocycles. The van der Waals surface area contributed by atoms with Gasteiger partial charge in [-0.3, -0.25) is 4.79 Å². The van der Waals surface area contributed by atoms with Crippen molar-refractivity contribution in [3.63, 3.8) is 0 Å². The second-order valence-electron chi connectivity index (χ2n) is 7.45. The zero-order valence-corrected chi connectivity index (χ0v) is 19.6. The highest BCUT2D eigenvalue weighted by Crippen LogP contribution is 2.39. The Morgan fingerprint density at radius 2 is 1.69 bits per heavy atom. The van der Waals surface area contributed by atoms with Crippen LogP contribution in [0, 0.1) is 0 Å². The van der Waals surface area contributed by atoms with Gasteiger partial charge in [-0.15, -0.1) is 0 Å². The zero-order valence-electron chi connectivity index (χ0n) is 18.8. The molecule has 0 bridgehead atoms. The van der Waals surface area contributed by atoms with Crippen molar-refractivity contribution in [2.75, 3.05) is 39.4 Å².